The number of nitrogen functional groups attached to an aromatic ring is 1. The first-order valence-electron chi connectivity index (χ1n) is 6.33. The molecule has 0 amide bonds. The molecule has 7 nitrogen and oxygen atoms in total. The van der Waals surface area contributed by atoms with Gasteiger partial charge in [0, 0.05) is 12.1 Å². The van der Waals surface area contributed by atoms with Gasteiger partial charge in [-0.2, -0.15) is 4.98 Å². The minimum absolute atomic E-state index is 0.141. The number of anilines is 1. The Morgan fingerprint density at radius 1 is 1.37 bits per heavy atom. The summed E-state index contributed by atoms with van der Waals surface area (Å²) < 4.78 is 5.53. The van der Waals surface area contributed by atoms with Crippen LogP contribution in [0.4, 0.5) is 11.5 Å². The van der Waals surface area contributed by atoms with Crippen LogP contribution in [0.3, 0.4) is 0 Å². The van der Waals surface area contributed by atoms with Crippen molar-refractivity contribution in [3.63, 3.8) is 0 Å². The van der Waals surface area contributed by atoms with Gasteiger partial charge in [-0.05, 0) is 12.8 Å². The summed E-state index contributed by atoms with van der Waals surface area (Å²) in [6.45, 7) is 0.358. The maximum absolute atomic E-state index is 10.6. The summed E-state index contributed by atoms with van der Waals surface area (Å²) in [5.41, 5.74) is 11.2. The summed E-state index contributed by atoms with van der Waals surface area (Å²) >= 11 is 0. The first-order valence-corrected chi connectivity index (χ1v) is 6.33. The van der Waals surface area contributed by atoms with E-state index in [0.717, 1.165) is 25.7 Å². The van der Waals surface area contributed by atoms with E-state index in [1.807, 2.05) is 0 Å². The van der Waals surface area contributed by atoms with Gasteiger partial charge < -0.3 is 16.2 Å². The smallest absolute Gasteiger partial charge is 0.311 e. The third-order valence-electron chi connectivity index (χ3n) is 3.43. The molecule has 0 aliphatic heterocycles. The Morgan fingerprint density at radius 2 is 2.05 bits per heavy atom. The highest BCUT2D eigenvalue weighted by Gasteiger charge is 2.28. The van der Waals surface area contributed by atoms with Crippen molar-refractivity contribution in [1.29, 1.82) is 0 Å². The lowest BCUT2D eigenvalue weighted by Crippen LogP contribution is -2.47. The molecule has 0 unspecified atom stereocenters. The Labute approximate surface area is 111 Å². The Hall–Kier alpha value is -1.89. The maximum atomic E-state index is 10.6. The van der Waals surface area contributed by atoms with Gasteiger partial charge in [0.15, 0.2) is 0 Å². The van der Waals surface area contributed by atoms with E-state index in [9.17, 15) is 10.1 Å². The lowest BCUT2D eigenvalue weighted by atomic mass is 9.83. The van der Waals surface area contributed by atoms with Crippen LogP contribution in [0.5, 0.6) is 5.88 Å². The van der Waals surface area contributed by atoms with Crippen LogP contribution in [0.25, 0.3) is 0 Å². The van der Waals surface area contributed by atoms with Gasteiger partial charge in [-0.25, -0.2) is 0 Å². The van der Waals surface area contributed by atoms with Crippen molar-refractivity contribution in [3.05, 3.63) is 22.2 Å². The van der Waals surface area contributed by atoms with E-state index >= 15 is 0 Å². The zero-order valence-electron chi connectivity index (χ0n) is 10.7. The second-order valence-electron chi connectivity index (χ2n) is 5.02. The number of ether oxygens (including phenoxy) is 1. The highest BCUT2D eigenvalue weighted by molar-refractivity contribution is 5.53. The number of rotatable bonds is 4. The van der Waals surface area contributed by atoms with Crippen LogP contribution in [-0.2, 0) is 0 Å². The highest BCUT2D eigenvalue weighted by atomic mass is 16.6. The summed E-state index contributed by atoms with van der Waals surface area (Å²) in [5, 5.41) is 10.6. The molecule has 0 saturated heterocycles. The standard InChI is InChI=1S/C12H18N4O3/c13-11-9(16(17)18)4-5-10(15-11)19-8-12(14)6-2-1-3-7-12/h4-5H,1-3,6-8,14H2,(H2,13,15). The quantitative estimate of drug-likeness (QED) is 0.631. The normalized spacial score (nSPS) is 17.9. The zero-order valence-corrected chi connectivity index (χ0v) is 10.7. The lowest BCUT2D eigenvalue weighted by molar-refractivity contribution is -0.384. The molecule has 1 fully saturated rings. The molecule has 104 valence electrons. The van der Waals surface area contributed by atoms with Crippen molar-refractivity contribution in [2.24, 2.45) is 5.73 Å². The SMILES string of the molecule is Nc1nc(OCC2(N)CCCCC2)ccc1[N+](=O)[O-]. The van der Waals surface area contributed by atoms with Crippen LogP contribution in [-0.4, -0.2) is 22.1 Å². The molecular formula is C12H18N4O3. The molecular weight excluding hydrogens is 248 g/mol. The Kier molecular flexibility index (Phi) is 3.84. The molecule has 7 heteroatoms. The third kappa shape index (κ3) is 3.31. The largest absolute Gasteiger partial charge is 0.476 e. The number of aromatic nitrogens is 1. The number of hydrogen-bond acceptors (Lipinski definition) is 6. The molecule has 1 saturated carbocycles. The number of nitrogens with zero attached hydrogens (tertiary/aromatic N) is 2. The molecule has 4 N–H and O–H groups in total. The van der Waals surface area contributed by atoms with Gasteiger partial charge in [-0.15, -0.1) is 0 Å². The minimum Gasteiger partial charge on any atom is -0.476 e. The van der Waals surface area contributed by atoms with Gasteiger partial charge in [0.1, 0.15) is 6.61 Å². The number of hydrogen-bond donors (Lipinski definition) is 2. The minimum atomic E-state index is -0.572. The lowest BCUT2D eigenvalue weighted by Gasteiger charge is -2.32. The van der Waals surface area contributed by atoms with Gasteiger partial charge in [0.25, 0.3) is 0 Å². The average Bonchev–Trinajstić information content (AvgIpc) is 2.37. The molecule has 1 aliphatic rings. The van der Waals surface area contributed by atoms with Crippen molar-refractivity contribution in [1.82, 2.24) is 4.98 Å². The van der Waals surface area contributed by atoms with Gasteiger partial charge in [-0.1, -0.05) is 19.3 Å². The third-order valence-corrected chi connectivity index (χ3v) is 3.43. The van der Waals surface area contributed by atoms with Crippen LogP contribution in [0.15, 0.2) is 12.1 Å². The van der Waals surface area contributed by atoms with E-state index in [4.69, 9.17) is 16.2 Å². The van der Waals surface area contributed by atoms with Gasteiger partial charge >= 0.3 is 5.69 Å². The molecule has 2 rings (SSSR count). The van der Waals surface area contributed by atoms with E-state index in [2.05, 4.69) is 4.98 Å². The fourth-order valence-corrected chi connectivity index (χ4v) is 2.30. The van der Waals surface area contributed by atoms with Crippen molar-refractivity contribution < 1.29 is 9.66 Å². The fraction of sp³-hybridized carbons (Fsp3) is 0.583. The molecule has 1 heterocycles. The molecule has 1 aromatic heterocycles. The van der Waals surface area contributed by atoms with Gasteiger partial charge in [0.2, 0.25) is 11.7 Å². The van der Waals surface area contributed by atoms with Crippen molar-refractivity contribution in [2.45, 2.75) is 37.6 Å². The molecule has 0 atom stereocenters. The Morgan fingerprint density at radius 3 is 2.63 bits per heavy atom. The van der Waals surface area contributed by atoms with E-state index in [0.29, 0.717) is 6.61 Å². The second kappa shape index (κ2) is 5.40. The predicted molar refractivity (Wildman–Crippen MR) is 70.8 cm³/mol. The number of nitrogens with two attached hydrogens (primary N) is 2. The average molecular weight is 266 g/mol. The van der Waals surface area contributed by atoms with E-state index in [1.165, 1.54) is 18.6 Å². The molecule has 19 heavy (non-hydrogen) atoms. The molecule has 1 aromatic rings. The molecule has 0 aromatic carbocycles. The van der Waals surface area contributed by atoms with Crippen molar-refractivity contribution >= 4 is 11.5 Å². The second-order valence-corrected chi connectivity index (χ2v) is 5.02. The number of pyridine rings is 1. The van der Waals surface area contributed by atoms with Crippen LogP contribution in [0.1, 0.15) is 32.1 Å². The van der Waals surface area contributed by atoms with Crippen LogP contribution in [0, 0.1) is 10.1 Å². The summed E-state index contributed by atoms with van der Waals surface area (Å²) in [4.78, 5) is 13.9. The summed E-state index contributed by atoms with van der Waals surface area (Å²) in [6, 6.07) is 2.74. The molecule has 0 radical (unpaired) electrons. The Balaban J connectivity index is 2.00. The van der Waals surface area contributed by atoms with Crippen molar-refractivity contribution in [3.8, 4) is 5.88 Å². The summed E-state index contributed by atoms with van der Waals surface area (Å²) in [6.07, 6.45) is 5.28. The first kappa shape index (κ1) is 13.5. The fourth-order valence-electron chi connectivity index (χ4n) is 2.30. The Bertz CT molecular complexity index is 472. The van der Waals surface area contributed by atoms with E-state index < -0.39 is 4.92 Å². The van der Waals surface area contributed by atoms with Crippen molar-refractivity contribution in [2.75, 3.05) is 12.3 Å². The van der Waals surface area contributed by atoms with Crippen LogP contribution < -0.4 is 16.2 Å². The summed E-state index contributed by atoms with van der Waals surface area (Å²) in [5.74, 6) is 0.135. The summed E-state index contributed by atoms with van der Waals surface area (Å²) in [7, 11) is 0. The number of nitro groups is 1. The molecule has 0 spiro atoms. The monoisotopic (exact) mass is 266 g/mol. The van der Waals surface area contributed by atoms with Crippen LogP contribution >= 0.6 is 0 Å². The predicted octanol–water partition coefficient (Wildman–Crippen LogP) is 1.61. The zero-order chi connectivity index (χ0) is 13.9. The maximum Gasteiger partial charge on any atom is 0.311 e. The van der Waals surface area contributed by atoms with E-state index in [1.54, 1.807) is 0 Å². The topological polar surface area (TPSA) is 117 Å². The van der Waals surface area contributed by atoms with Gasteiger partial charge in [-0.3, -0.25) is 10.1 Å². The molecule has 1 aliphatic carbocycles. The van der Waals surface area contributed by atoms with Crippen LogP contribution in [0.2, 0.25) is 0 Å². The molecule has 0 bridgehead atoms. The van der Waals surface area contributed by atoms with Gasteiger partial charge in [0.05, 0.1) is 10.5 Å². The first-order chi connectivity index (χ1) is 9.00. The highest BCUT2D eigenvalue weighted by Crippen LogP contribution is 2.27. The van der Waals surface area contributed by atoms with E-state index in [-0.39, 0.29) is 22.9 Å².